The van der Waals surface area contributed by atoms with Crippen LogP contribution in [0.1, 0.15) is 48.7 Å². The highest BCUT2D eigenvalue weighted by molar-refractivity contribution is 5.97. The lowest BCUT2D eigenvalue weighted by molar-refractivity contribution is -0.141. The predicted molar refractivity (Wildman–Crippen MR) is 68.3 cm³/mol. The fraction of sp³-hybridized carbons (Fsp3) is 0.538. The third-order valence-corrected chi connectivity index (χ3v) is 3.82. The van der Waals surface area contributed by atoms with E-state index in [-0.39, 0.29) is 16.9 Å². The molecule has 1 aliphatic rings. The Bertz CT molecular complexity index is 519. The van der Waals surface area contributed by atoms with Gasteiger partial charge in [0.15, 0.2) is 0 Å². The molecule has 1 aliphatic carbocycles. The van der Waals surface area contributed by atoms with Crippen LogP contribution in [0.3, 0.4) is 0 Å². The van der Waals surface area contributed by atoms with Crippen molar-refractivity contribution in [2.75, 3.05) is 5.32 Å². The summed E-state index contributed by atoms with van der Waals surface area (Å²) in [4.78, 5) is 14.9. The summed E-state index contributed by atoms with van der Waals surface area (Å²) >= 11 is 0. The first kappa shape index (κ1) is 14.6. The van der Waals surface area contributed by atoms with Gasteiger partial charge < -0.3 is 11.1 Å². The van der Waals surface area contributed by atoms with Crippen LogP contribution >= 0.6 is 0 Å². The van der Waals surface area contributed by atoms with E-state index in [0.29, 0.717) is 0 Å². The molecule has 3 N–H and O–H groups in total. The van der Waals surface area contributed by atoms with Gasteiger partial charge in [-0.3, -0.25) is 4.79 Å². The molecule has 1 amide bonds. The molecule has 1 fully saturated rings. The number of primary amides is 1. The molecule has 110 valence electrons. The molecular weight excluding hydrogens is 271 g/mol. The van der Waals surface area contributed by atoms with E-state index < -0.39 is 17.8 Å². The SMILES string of the molecule is CCC1(Nc2nc(C(F)(F)F)ccc2C(N)=O)CCC1. The fourth-order valence-corrected chi connectivity index (χ4v) is 2.33. The van der Waals surface area contributed by atoms with Crippen LogP contribution in [0.15, 0.2) is 12.1 Å². The zero-order valence-electron chi connectivity index (χ0n) is 11.0. The van der Waals surface area contributed by atoms with Crippen LogP contribution in [0, 0.1) is 0 Å². The van der Waals surface area contributed by atoms with Gasteiger partial charge in [-0.15, -0.1) is 0 Å². The Hall–Kier alpha value is -1.79. The molecule has 0 saturated heterocycles. The summed E-state index contributed by atoms with van der Waals surface area (Å²) in [5.74, 6) is -0.867. The van der Waals surface area contributed by atoms with Crippen LogP contribution in [0.4, 0.5) is 19.0 Å². The normalized spacial score (nSPS) is 17.4. The lowest BCUT2D eigenvalue weighted by Gasteiger charge is -2.42. The number of anilines is 1. The number of rotatable bonds is 4. The van der Waals surface area contributed by atoms with E-state index >= 15 is 0 Å². The van der Waals surface area contributed by atoms with Gasteiger partial charge in [0.25, 0.3) is 5.91 Å². The standard InChI is InChI=1S/C13H16F3N3O/c1-2-12(6-3-7-12)19-11-8(10(17)20)4-5-9(18-11)13(14,15)16/h4-5H,2-3,6-7H2,1H3,(H2,17,20)(H,18,19). The molecule has 1 aromatic rings. The van der Waals surface area contributed by atoms with Crippen molar-refractivity contribution in [1.82, 2.24) is 4.98 Å². The van der Waals surface area contributed by atoms with Crippen molar-refractivity contribution in [3.8, 4) is 0 Å². The van der Waals surface area contributed by atoms with Crippen LogP contribution in [0.25, 0.3) is 0 Å². The number of nitrogens with zero attached hydrogens (tertiary/aromatic N) is 1. The number of amides is 1. The highest BCUT2D eigenvalue weighted by atomic mass is 19.4. The van der Waals surface area contributed by atoms with Gasteiger partial charge in [0, 0.05) is 5.54 Å². The summed E-state index contributed by atoms with van der Waals surface area (Å²) in [5.41, 5.74) is 3.87. The van der Waals surface area contributed by atoms with E-state index in [1.54, 1.807) is 0 Å². The number of hydrogen-bond acceptors (Lipinski definition) is 3. The average Bonchev–Trinajstić information content (AvgIpc) is 2.32. The lowest BCUT2D eigenvalue weighted by atomic mass is 9.75. The molecule has 2 rings (SSSR count). The van der Waals surface area contributed by atoms with Crippen molar-refractivity contribution < 1.29 is 18.0 Å². The minimum absolute atomic E-state index is 0.0160. The first-order chi connectivity index (χ1) is 9.27. The maximum atomic E-state index is 12.7. The summed E-state index contributed by atoms with van der Waals surface area (Å²) in [5, 5.41) is 2.99. The van der Waals surface area contributed by atoms with E-state index in [4.69, 9.17) is 5.73 Å². The molecule has 0 atom stereocenters. The Kier molecular flexibility index (Phi) is 3.62. The molecule has 0 unspecified atom stereocenters. The van der Waals surface area contributed by atoms with E-state index in [2.05, 4.69) is 10.3 Å². The molecule has 0 spiro atoms. The zero-order chi connectivity index (χ0) is 15.0. The number of hydrogen-bond donors (Lipinski definition) is 2. The summed E-state index contributed by atoms with van der Waals surface area (Å²) in [7, 11) is 0. The zero-order valence-corrected chi connectivity index (χ0v) is 11.0. The number of nitrogens with one attached hydrogen (secondary N) is 1. The Balaban J connectivity index is 2.39. The van der Waals surface area contributed by atoms with Gasteiger partial charge in [-0.05, 0) is 37.8 Å². The minimum atomic E-state index is -4.55. The van der Waals surface area contributed by atoms with Gasteiger partial charge in [-0.1, -0.05) is 6.92 Å². The summed E-state index contributed by atoms with van der Waals surface area (Å²) in [6.45, 7) is 1.95. The van der Waals surface area contributed by atoms with Gasteiger partial charge in [-0.2, -0.15) is 13.2 Å². The fourth-order valence-electron chi connectivity index (χ4n) is 2.33. The molecule has 1 aromatic heterocycles. The number of alkyl halides is 3. The molecule has 20 heavy (non-hydrogen) atoms. The highest BCUT2D eigenvalue weighted by Gasteiger charge is 2.38. The van der Waals surface area contributed by atoms with Gasteiger partial charge in [0.1, 0.15) is 11.5 Å². The number of halogens is 3. The van der Waals surface area contributed by atoms with E-state index in [1.807, 2.05) is 6.92 Å². The van der Waals surface area contributed by atoms with Crippen LogP contribution < -0.4 is 11.1 Å². The molecule has 0 aliphatic heterocycles. The Morgan fingerprint density at radius 1 is 1.45 bits per heavy atom. The van der Waals surface area contributed by atoms with Crippen LogP contribution in [0.2, 0.25) is 0 Å². The molecule has 0 radical (unpaired) electrons. The Morgan fingerprint density at radius 2 is 2.10 bits per heavy atom. The second-order valence-corrected chi connectivity index (χ2v) is 5.07. The highest BCUT2D eigenvalue weighted by Crippen LogP contribution is 2.39. The van der Waals surface area contributed by atoms with Crippen LogP contribution in [0.5, 0.6) is 0 Å². The van der Waals surface area contributed by atoms with Crippen molar-refractivity contribution in [3.05, 3.63) is 23.4 Å². The second kappa shape index (κ2) is 4.96. The van der Waals surface area contributed by atoms with Crippen LogP contribution in [-0.2, 0) is 6.18 Å². The Labute approximate surface area is 114 Å². The van der Waals surface area contributed by atoms with Gasteiger partial charge >= 0.3 is 6.18 Å². The second-order valence-electron chi connectivity index (χ2n) is 5.07. The van der Waals surface area contributed by atoms with Crippen LogP contribution in [-0.4, -0.2) is 16.4 Å². The molecular formula is C13H16F3N3O. The lowest BCUT2D eigenvalue weighted by Crippen LogP contribution is -2.45. The maximum absolute atomic E-state index is 12.7. The maximum Gasteiger partial charge on any atom is 0.433 e. The van der Waals surface area contributed by atoms with Gasteiger partial charge in [0.2, 0.25) is 0 Å². The molecule has 1 heterocycles. The molecule has 1 saturated carbocycles. The van der Waals surface area contributed by atoms with Gasteiger partial charge in [0.05, 0.1) is 5.56 Å². The summed E-state index contributed by atoms with van der Waals surface area (Å²) < 4.78 is 38.1. The quantitative estimate of drug-likeness (QED) is 0.894. The first-order valence-corrected chi connectivity index (χ1v) is 6.44. The average molecular weight is 287 g/mol. The third kappa shape index (κ3) is 2.71. The van der Waals surface area contributed by atoms with Crippen molar-refractivity contribution >= 4 is 11.7 Å². The van der Waals surface area contributed by atoms with Crippen molar-refractivity contribution in [2.24, 2.45) is 5.73 Å². The minimum Gasteiger partial charge on any atom is -0.365 e. The van der Waals surface area contributed by atoms with E-state index in [9.17, 15) is 18.0 Å². The summed E-state index contributed by atoms with van der Waals surface area (Å²) in [6.07, 6.45) is -1.10. The van der Waals surface area contributed by atoms with Crippen molar-refractivity contribution in [3.63, 3.8) is 0 Å². The Morgan fingerprint density at radius 3 is 2.50 bits per heavy atom. The molecule has 0 bridgehead atoms. The molecule has 0 aromatic carbocycles. The first-order valence-electron chi connectivity index (χ1n) is 6.44. The predicted octanol–water partition coefficient (Wildman–Crippen LogP) is 2.94. The largest absolute Gasteiger partial charge is 0.433 e. The van der Waals surface area contributed by atoms with E-state index in [0.717, 1.165) is 37.8 Å². The number of carbonyl (C=O) groups is 1. The van der Waals surface area contributed by atoms with Gasteiger partial charge in [-0.25, -0.2) is 4.98 Å². The number of carbonyl (C=O) groups excluding carboxylic acids is 1. The molecule has 7 heteroatoms. The molecule has 4 nitrogen and oxygen atoms in total. The number of pyridine rings is 1. The monoisotopic (exact) mass is 287 g/mol. The topological polar surface area (TPSA) is 68.0 Å². The smallest absolute Gasteiger partial charge is 0.365 e. The summed E-state index contributed by atoms with van der Waals surface area (Å²) in [6, 6.07) is 1.84. The van der Waals surface area contributed by atoms with E-state index in [1.165, 1.54) is 0 Å². The number of nitrogens with two attached hydrogens (primary N) is 1. The number of aromatic nitrogens is 1. The van der Waals surface area contributed by atoms with Crippen molar-refractivity contribution in [2.45, 2.75) is 44.3 Å². The third-order valence-electron chi connectivity index (χ3n) is 3.82. The van der Waals surface area contributed by atoms with Crippen molar-refractivity contribution in [1.29, 1.82) is 0 Å².